The molecular weight excluding hydrogens is 875 g/mol. The summed E-state index contributed by atoms with van der Waals surface area (Å²) in [5.41, 5.74) is 0. The quantitative estimate of drug-likeness (QED) is 0.0320. The van der Waals surface area contributed by atoms with Gasteiger partial charge in [0.25, 0.3) is 0 Å². The van der Waals surface area contributed by atoms with Crippen LogP contribution >= 0.6 is 0 Å². The van der Waals surface area contributed by atoms with Crippen LogP contribution in [0, 0.1) is 0 Å². The third-order valence-electron chi connectivity index (χ3n) is 15.3. The highest BCUT2D eigenvalue weighted by atomic mass is 16.5. The predicted molar refractivity (Wildman–Crippen MR) is 310 cm³/mol. The fraction of sp³-hybridized carbons (Fsp3) is 0.938. The van der Waals surface area contributed by atoms with Gasteiger partial charge in [-0.3, -0.25) is 9.59 Å². The van der Waals surface area contributed by atoms with Crippen LogP contribution in [0.3, 0.4) is 0 Å². The zero-order chi connectivity index (χ0) is 51.4. The van der Waals surface area contributed by atoms with Crippen LogP contribution in [-0.2, 0) is 14.3 Å². The first kappa shape index (κ1) is 69.6. The standard InChI is InChI=1S/C65H127NO5/c1-3-5-7-9-11-13-15-17-19-21-26-29-33-37-41-45-49-53-57-63(68)62(61-67)66-64(69)58-54-50-46-42-38-34-30-27-23-22-24-28-32-36-40-44-48-52-56-60-71-65(70)59-55-51-47-43-39-35-31-25-20-18-16-14-12-10-8-6-4-2/h18,20,62-63,67-68H,3-17,19,21-61H2,1-2H3,(H,66,69)/b20-18-. The van der Waals surface area contributed by atoms with Crippen molar-refractivity contribution in [2.75, 3.05) is 13.2 Å². The van der Waals surface area contributed by atoms with Gasteiger partial charge in [0.15, 0.2) is 0 Å². The van der Waals surface area contributed by atoms with E-state index in [2.05, 4.69) is 31.3 Å². The molecule has 0 spiro atoms. The Morgan fingerprint density at radius 2 is 0.662 bits per heavy atom. The molecule has 71 heavy (non-hydrogen) atoms. The number of hydrogen-bond acceptors (Lipinski definition) is 5. The van der Waals surface area contributed by atoms with Crippen molar-refractivity contribution in [1.29, 1.82) is 0 Å². The Labute approximate surface area is 444 Å². The fourth-order valence-electron chi connectivity index (χ4n) is 10.3. The van der Waals surface area contributed by atoms with Gasteiger partial charge in [0.05, 0.1) is 25.4 Å². The van der Waals surface area contributed by atoms with E-state index in [1.807, 2.05) is 0 Å². The largest absolute Gasteiger partial charge is 0.466 e. The molecule has 1 amide bonds. The molecule has 0 aliphatic carbocycles. The maximum Gasteiger partial charge on any atom is 0.305 e. The second-order valence-corrected chi connectivity index (χ2v) is 22.5. The summed E-state index contributed by atoms with van der Waals surface area (Å²) in [4.78, 5) is 24.6. The lowest BCUT2D eigenvalue weighted by atomic mass is 10.0. The first-order valence-electron chi connectivity index (χ1n) is 32.4. The number of esters is 1. The van der Waals surface area contributed by atoms with E-state index in [0.29, 0.717) is 25.9 Å². The first-order chi connectivity index (χ1) is 35.0. The monoisotopic (exact) mass is 1000 g/mol. The number of allylic oxidation sites excluding steroid dienone is 2. The Hall–Kier alpha value is -1.40. The molecule has 2 unspecified atom stereocenters. The Kier molecular flexibility index (Phi) is 59.9. The highest BCUT2D eigenvalue weighted by Crippen LogP contribution is 2.18. The maximum absolute atomic E-state index is 12.5. The summed E-state index contributed by atoms with van der Waals surface area (Å²) in [5.74, 6) is -0.0274. The van der Waals surface area contributed by atoms with E-state index in [1.54, 1.807) is 0 Å². The zero-order valence-corrected chi connectivity index (χ0v) is 48.2. The van der Waals surface area contributed by atoms with Crippen molar-refractivity contribution in [3.63, 3.8) is 0 Å². The number of carbonyl (C=O) groups excluding carboxylic acids is 2. The molecule has 0 aromatic heterocycles. The van der Waals surface area contributed by atoms with Crippen LogP contribution in [0.15, 0.2) is 12.2 Å². The molecule has 0 aromatic carbocycles. The molecule has 0 saturated heterocycles. The van der Waals surface area contributed by atoms with E-state index in [-0.39, 0.29) is 18.5 Å². The van der Waals surface area contributed by atoms with Crippen LogP contribution in [0.2, 0.25) is 0 Å². The summed E-state index contributed by atoms with van der Waals surface area (Å²) >= 11 is 0. The molecule has 0 radical (unpaired) electrons. The highest BCUT2D eigenvalue weighted by Gasteiger charge is 2.20. The lowest BCUT2D eigenvalue weighted by molar-refractivity contribution is -0.143. The number of hydrogen-bond donors (Lipinski definition) is 3. The maximum atomic E-state index is 12.5. The lowest BCUT2D eigenvalue weighted by Crippen LogP contribution is -2.45. The summed E-state index contributed by atoms with van der Waals surface area (Å²) < 4.78 is 5.49. The summed E-state index contributed by atoms with van der Waals surface area (Å²) in [6.45, 7) is 4.97. The lowest BCUT2D eigenvalue weighted by Gasteiger charge is -2.22. The molecular formula is C65H127NO5. The first-order valence-corrected chi connectivity index (χ1v) is 32.4. The minimum Gasteiger partial charge on any atom is -0.466 e. The van der Waals surface area contributed by atoms with Gasteiger partial charge in [-0.25, -0.2) is 0 Å². The smallest absolute Gasteiger partial charge is 0.305 e. The van der Waals surface area contributed by atoms with Gasteiger partial charge in [-0.05, 0) is 51.4 Å². The average Bonchev–Trinajstić information content (AvgIpc) is 3.37. The zero-order valence-electron chi connectivity index (χ0n) is 48.2. The molecule has 6 heteroatoms. The second kappa shape index (κ2) is 61.1. The van der Waals surface area contributed by atoms with E-state index in [1.165, 1.54) is 289 Å². The number of carbonyl (C=O) groups is 2. The van der Waals surface area contributed by atoms with Crippen molar-refractivity contribution >= 4 is 11.9 Å². The second-order valence-electron chi connectivity index (χ2n) is 22.5. The molecule has 422 valence electrons. The van der Waals surface area contributed by atoms with Gasteiger partial charge in [-0.1, -0.05) is 315 Å². The van der Waals surface area contributed by atoms with Gasteiger partial charge in [-0.2, -0.15) is 0 Å². The minimum atomic E-state index is -0.666. The van der Waals surface area contributed by atoms with Gasteiger partial charge < -0.3 is 20.3 Å². The number of aliphatic hydroxyl groups excluding tert-OH is 2. The normalized spacial score (nSPS) is 12.6. The highest BCUT2D eigenvalue weighted by molar-refractivity contribution is 5.76. The molecule has 3 N–H and O–H groups in total. The van der Waals surface area contributed by atoms with Crippen molar-refractivity contribution in [2.24, 2.45) is 0 Å². The summed E-state index contributed by atoms with van der Waals surface area (Å²) in [5, 5.41) is 23.4. The van der Waals surface area contributed by atoms with Gasteiger partial charge >= 0.3 is 5.97 Å². The third-order valence-corrected chi connectivity index (χ3v) is 15.3. The fourth-order valence-corrected chi connectivity index (χ4v) is 10.3. The van der Waals surface area contributed by atoms with E-state index in [0.717, 1.165) is 44.9 Å². The Bertz CT molecular complexity index is 1060. The summed E-state index contributed by atoms with van der Waals surface area (Å²) in [6, 6.07) is -0.544. The van der Waals surface area contributed by atoms with Gasteiger partial charge in [-0.15, -0.1) is 0 Å². The van der Waals surface area contributed by atoms with Crippen LogP contribution in [0.1, 0.15) is 367 Å². The van der Waals surface area contributed by atoms with E-state index < -0.39 is 12.1 Å². The number of amides is 1. The van der Waals surface area contributed by atoms with Crippen molar-refractivity contribution in [1.82, 2.24) is 5.32 Å². The topological polar surface area (TPSA) is 95.9 Å². The Morgan fingerprint density at radius 3 is 1.00 bits per heavy atom. The van der Waals surface area contributed by atoms with E-state index >= 15 is 0 Å². The number of ether oxygens (including phenoxy) is 1. The number of rotatable bonds is 61. The van der Waals surface area contributed by atoms with Crippen molar-refractivity contribution in [3.8, 4) is 0 Å². The molecule has 0 saturated carbocycles. The summed E-state index contributed by atoms with van der Waals surface area (Å²) in [7, 11) is 0. The Morgan fingerprint density at radius 1 is 0.380 bits per heavy atom. The van der Waals surface area contributed by atoms with Crippen LogP contribution in [0.5, 0.6) is 0 Å². The van der Waals surface area contributed by atoms with Gasteiger partial charge in [0, 0.05) is 12.8 Å². The minimum absolute atomic E-state index is 0.00682. The molecule has 6 nitrogen and oxygen atoms in total. The van der Waals surface area contributed by atoms with Gasteiger partial charge in [0.1, 0.15) is 0 Å². The third kappa shape index (κ3) is 57.7. The van der Waals surface area contributed by atoms with Gasteiger partial charge in [0.2, 0.25) is 5.91 Å². The summed E-state index contributed by atoms with van der Waals surface area (Å²) in [6.07, 6.45) is 73.6. The molecule has 0 heterocycles. The Balaban J connectivity index is 3.38. The molecule has 0 rings (SSSR count). The number of aliphatic hydroxyl groups is 2. The van der Waals surface area contributed by atoms with E-state index in [9.17, 15) is 19.8 Å². The number of unbranched alkanes of at least 4 members (excludes halogenated alkanes) is 48. The van der Waals surface area contributed by atoms with Crippen LogP contribution in [0.4, 0.5) is 0 Å². The SMILES string of the molecule is CCCCCCCC/C=C\CCCCCCCCCC(=O)OCCCCCCCCCCCCCCCCCCCCCC(=O)NC(CO)C(O)CCCCCCCCCCCCCCCCCCCC. The van der Waals surface area contributed by atoms with Crippen molar-refractivity contribution in [2.45, 2.75) is 379 Å². The van der Waals surface area contributed by atoms with Crippen LogP contribution < -0.4 is 5.32 Å². The van der Waals surface area contributed by atoms with Crippen LogP contribution in [-0.4, -0.2) is 47.4 Å². The number of nitrogens with one attached hydrogen (secondary N) is 1. The molecule has 2 atom stereocenters. The van der Waals surface area contributed by atoms with Crippen molar-refractivity contribution < 1.29 is 24.5 Å². The molecule has 0 fully saturated rings. The predicted octanol–water partition coefficient (Wildman–Crippen LogP) is 20.4. The van der Waals surface area contributed by atoms with Crippen molar-refractivity contribution in [3.05, 3.63) is 12.2 Å². The molecule has 0 aromatic rings. The molecule has 0 bridgehead atoms. The van der Waals surface area contributed by atoms with Crippen LogP contribution in [0.25, 0.3) is 0 Å². The molecule has 0 aliphatic rings. The molecule has 0 aliphatic heterocycles. The van der Waals surface area contributed by atoms with E-state index in [4.69, 9.17) is 4.74 Å². The average molecular weight is 1000 g/mol.